The van der Waals surface area contributed by atoms with E-state index in [1.165, 1.54) is 24.5 Å². The van der Waals surface area contributed by atoms with Crippen molar-refractivity contribution in [1.82, 2.24) is 24.5 Å². The summed E-state index contributed by atoms with van der Waals surface area (Å²) in [7, 11) is -3.57. The summed E-state index contributed by atoms with van der Waals surface area (Å²) < 4.78 is 60.7. The van der Waals surface area contributed by atoms with Crippen LogP contribution in [0.15, 0.2) is 66.0 Å². The quantitative estimate of drug-likeness (QED) is 0.348. The van der Waals surface area contributed by atoms with Crippen LogP contribution in [0.2, 0.25) is 0 Å². The molecule has 4 saturated heterocycles. The van der Waals surface area contributed by atoms with E-state index in [9.17, 15) is 17.6 Å². The first-order valence-electron chi connectivity index (χ1n) is 17.4. The molecule has 0 saturated carbocycles. The predicted molar refractivity (Wildman–Crippen MR) is 184 cm³/mol. The number of carbonyl (C=O) groups is 1. The van der Waals surface area contributed by atoms with Gasteiger partial charge in [0.2, 0.25) is 10.0 Å². The van der Waals surface area contributed by atoms with Gasteiger partial charge in [0, 0.05) is 31.1 Å². The van der Waals surface area contributed by atoms with Gasteiger partial charge in [-0.2, -0.15) is 0 Å². The smallest absolute Gasteiger partial charge is 0.258 e. The molecule has 4 atom stereocenters. The number of nitrogens with one attached hydrogen (secondary N) is 1. The second-order valence-electron chi connectivity index (χ2n) is 14.2. The molecule has 4 aliphatic rings. The van der Waals surface area contributed by atoms with Gasteiger partial charge in [-0.05, 0) is 83.0 Å². The molecule has 268 valence electrons. The summed E-state index contributed by atoms with van der Waals surface area (Å²) in [6.45, 7) is 9.46. The zero-order chi connectivity index (χ0) is 34.9. The molecule has 1 spiro atoms. The van der Waals surface area contributed by atoms with Crippen molar-refractivity contribution >= 4 is 21.7 Å². The predicted octanol–water partition coefficient (Wildman–Crippen LogP) is 4.09. The Morgan fingerprint density at radius 2 is 1.76 bits per heavy atom. The van der Waals surface area contributed by atoms with Crippen LogP contribution in [0, 0.1) is 11.2 Å². The van der Waals surface area contributed by atoms with Crippen LogP contribution in [-0.2, 0) is 19.5 Å². The molecule has 0 radical (unpaired) electrons. The number of carbonyl (C=O) groups excluding carboxylic acids is 1. The van der Waals surface area contributed by atoms with Gasteiger partial charge in [0.25, 0.3) is 5.91 Å². The van der Waals surface area contributed by atoms with Crippen molar-refractivity contribution in [3.05, 3.63) is 72.4 Å². The number of morpholine rings is 1. The van der Waals surface area contributed by atoms with E-state index in [2.05, 4.69) is 24.5 Å². The van der Waals surface area contributed by atoms with Gasteiger partial charge >= 0.3 is 0 Å². The Morgan fingerprint density at radius 1 is 1.02 bits per heavy atom. The molecule has 12 nitrogen and oxygen atoms in total. The van der Waals surface area contributed by atoms with E-state index in [4.69, 9.17) is 14.2 Å². The van der Waals surface area contributed by atoms with Crippen LogP contribution in [0.25, 0.3) is 0 Å². The fourth-order valence-corrected chi connectivity index (χ4v) is 8.97. The average Bonchev–Trinajstić information content (AvgIpc) is 3.10. The van der Waals surface area contributed by atoms with Gasteiger partial charge in [0.05, 0.1) is 54.7 Å². The Morgan fingerprint density at radius 3 is 2.46 bits per heavy atom. The summed E-state index contributed by atoms with van der Waals surface area (Å²) in [4.78, 5) is 29.1. The number of hydrogen-bond acceptors (Lipinski definition) is 10. The summed E-state index contributed by atoms with van der Waals surface area (Å²) in [5.74, 6) is 0.508. The van der Waals surface area contributed by atoms with Crippen molar-refractivity contribution in [3.63, 3.8) is 0 Å². The second kappa shape index (κ2) is 14.5. The molecule has 0 bridgehead atoms. The zero-order valence-corrected chi connectivity index (χ0v) is 29.4. The van der Waals surface area contributed by atoms with Crippen LogP contribution in [-0.4, -0.2) is 111 Å². The third-order valence-electron chi connectivity index (χ3n) is 10.4. The van der Waals surface area contributed by atoms with Crippen molar-refractivity contribution < 1.29 is 31.8 Å². The first-order chi connectivity index (χ1) is 24.1. The summed E-state index contributed by atoms with van der Waals surface area (Å²) in [5.41, 5.74) is 0.325. The lowest BCUT2D eigenvalue weighted by atomic mass is 9.72. The summed E-state index contributed by atoms with van der Waals surface area (Å²) in [6, 6.07) is 11.9. The molecular formula is C36H45FN6O6S. The normalized spacial score (nSPS) is 25.7. The number of aromatic nitrogens is 2. The summed E-state index contributed by atoms with van der Waals surface area (Å²) >= 11 is 0. The molecular weight excluding hydrogens is 663 g/mol. The summed E-state index contributed by atoms with van der Waals surface area (Å²) in [6.07, 6.45) is 6.80. The minimum atomic E-state index is -3.57. The highest BCUT2D eigenvalue weighted by Crippen LogP contribution is 2.45. The fraction of sp³-hybridized carbons (Fsp3) is 0.528. The lowest BCUT2D eigenvalue weighted by molar-refractivity contribution is -0.0299. The molecule has 3 aromatic rings. The molecule has 1 N–H and O–H groups in total. The number of halogens is 1. The number of amides is 1. The molecule has 4 aliphatic heterocycles. The number of hydrogen-bond donors (Lipinski definition) is 1. The average molecular weight is 709 g/mol. The second-order valence-corrected chi connectivity index (χ2v) is 15.9. The van der Waals surface area contributed by atoms with Crippen molar-refractivity contribution in [2.75, 3.05) is 57.4 Å². The van der Waals surface area contributed by atoms with E-state index in [1.807, 2.05) is 13.8 Å². The van der Waals surface area contributed by atoms with E-state index in [0.717, 1.165) is 58.4 Å². The first-order valence-corrected chi connectivity index (χ1v) is 18.9. The third kappa shape index (κ3) is 7.49. The maximum Gasteiger partial charge on any atom is 0.258 e. The van der Waals surface area contributed by atoms with Gasteiger partial charge in [-0.15, -0.1) is 0 Å². The number of nitrogens with zero attached hydrogens (tertiary/aromatic N) is 5. The largest absolute Gasteiger partial charge is 0.451 e. The van der Waals surface area contributed by atoms with Crippen LogP contribution < -0.4 is 14.4 Å². The van der Waals surface area contributed by atoms with Crippen LogP contribution in [0.3, 0.4) is 0 Å². The van der Waals surface area contributed by atoms with Crippen LogP contribution in [0.4, 0.5) is 10.2 Å². The van der Waals surface area contributed by atoms with Gasteiger partial charge in [0.15, 0.2) is 11.6 Å². The topological polar surface area (TPSA) is 126 Å². The third-order valence-corrected chi connectivity index (χ3v) is 12.0. The highest BCUT2D eigenvalue weighted by molar-refractivity contribution is 7.89. The molecule has 4 fully saturated rings. The Labute approximate surface area is 293 Å². The van der Waals surface area contributed by atoms with E-state index in [1.54, 1.807) is 41.4 Å². The monoisotopic (exact) mass is 708 g/mol. The Bertz CT molecular complexity index is 1750. The SMILES string of the molecule is C[C@@H]1COC[C@H](C)N1C(=O)c1cc(F)ccc1Oc1cncnc1N1CC2(CCN(C[C@@H]3CC[C@@H](NS(=O)(=O)c4ccccc4)CO3)CC2)C1. The van der Waals surface area contributed by atoms with E-state index >= 15 is 0 Å². The maximum absolute atomic E-state index is 14.4. The lowest BCUT2D eigenvalue weighted by Crippen LogP contribution is -2.61. The molecule has 7 rings (SSSR count). The van der Waals surface area contributed by atoms with Gasteiger partial charge in [-0.1, -0.05) is 18.2 Å². The van der Waals surface area contributed by atoms with Crippen molar-refractivity contribution in [2.24, 2.45) is 5.41 Å². The van der Waals surface area contributed by atoms with E-state index in [-0.39, 0.29) is 51.8 Å². The molecule has 2 aromatic carbocycles. The molecule has 50 heavy (non-hydrogen) atoms. The molecule has 5 heterocycles. The molecule has 0 aliphatic carbocycles. The lowest BCUT2D eigenvalue weighted by Gasteiger charge is -2.54. The van der Waals surface area contributed by atoms with Gasteiger partial charge in [-0.3, -0.25) is 4.79 Å². The van der Waals surface area contributed by atoms with Crippen LogP contribution in [0.5, 0.6) is 11.5 Å². The van der Waals surface area contributed by atoms with E-state index in [0.29, 0.717) is 31.4 Å². The number of likely N-dealkylation sites (tertiary alicyclic amines) is 1. The molecule has 14 heteroatoms. The number of ether oxygens (including phenoxy) is 3. The minimum absolute atomic E-state index is 0.0815. The van der Waals surface area contributed by atoms with Gasteiger partial charge in [0.1, 0.15) is 17.9 Å². The Hall–Kier alpha value is -3.69. The zero-order valence-electron chi connectivity index (χ0n) is 28.5. The van der Waals surface area contributed by atoms with Gasteiger partial charge < -0.3 is 28.9 Å². The van der Waals surface area contributed by atoms with Crippen molar-refractivity contribution in [1.29, 1.82) is 0 Å². The molecule has 0 unspecified atom stereocenters. The maximum atomic E-state index is 14.4. The standard InChI is InChI=1S/C36H45FN6O6S/c1-25-19-47-20-26(2)43(25)35(44)31-16-27(37)8-11-32(31)49-33-17-38-24-39-34(33)42-22-36(23-42)12-14-41(15-13-36)18-29-10-9-28(21-48-29)40-50(45,46)30-6-4-3-5-7-30/h3-8,11,16-17,24-26,28-29,40H,9-10,12-15,18-23H2,1-2H3/t25-,26+,28-,29+/m1/s1. The molecule has 1 amide bonds. The fourth-order valence-electron chi connectivity index (χ4n) is 7.70. The Balaban J connectivity index is 0.917. The van der Waals surface area contributed by atoms with Crippen LogP contribution >= 0.6 is 0 Å². The molecule has 1 aromatic heterocycles. The number of anilines is 1. The minimum Gasteiger partial charge on any atom is -0.451 e. The highest BCUT2D eigenvalue weighted by atomic mass is 32.2. The number of rotatable bonds is 9. The Kier molecular flexibility index (Phi) is 10.1. The van der Waals surface area contributed by atoms with Crippen molar-refractivity contribution in [2.45, 2.75) is 68.7 Å². The summed E-state index contributed by atoms with van der Waals surface area (Å²) in [5, 5.41) is 0. The first kappa shape index (κ1) is 34.7. The number of piperidine rings is 1. The van der Waals surface area contributed by atoms with Crippen molar-refractivity contribution in [3.8, 4) is 11.5 Å². The van der Waals surface area contributed by atoms with Crippen LogP contribution in [0.1, 0.15) is 49.9 Å². The highest BCUT2D eigenvalue weighted by Gasteiger charge is 2.46. The number of sulfonamides is 1. The van der Waals surface area contributed by atoms with E-state index < -0.39 is 15.8 Å². The van der Waals surface area contributed by atoms with Gasteiger partial charge in [-0.25, -0.2) is 27.5 Å². The number of benzene rings is 2.